The number of para-hydroxylation sites is 1. The third-order valence-electron chi connectivity index (χ3n) is 4.80. The number of aliphatic hydroxyl groups is 1. The van der Waals surface area contributed by atoms with Gasteiger partial charge in [-0.2, -0.15) is 0 Å². The van der Waals surface area contributed by atoms with Gasteiger partial charge in [-0.1, -0.05) is 43.9 Å². The zero-order valence-electron chi connectivity index (χ0n) is 12.9. The molecule has 1 saturated carbocycles. The van der Waals surface area contributed by atoms with Crippen molar-refractivity contribution in [1.29, 1.82) is 0 Å². The molecule has 0 heterocycles. The monoisotopic (exact) mass is 277 g/mol. The summed E-state index contributed by atoms with van der Waals surface area (Å²) in [6.45, 7) is 0. The molecule has 1 fully saturated rings. The lowest BCUT2D eigenvalue weighted by atomic mass is 9.79. The van der Waals surface area contributed by atoms with Gasteiger partial charge < -0.3 is 14.7 Å². The first-order valence-corrected chi connectivity index (χ1v) is 7.60. The molecule has 20 heavy (non-hydrogen) atoms. The van der Waals surface area contributed by atoms with Crippen LogP contribution in [0.25, 0.3) is 0 Å². The minimum absolute atomic E-state index is 0.175. The molecule has 0 radical (unpaired) electrons. The van der Waals surface area contributed by atoms with Gasteiger partial charge in [0.05, 0.1) is 12.6 Å². The second-order valence-electron chi connectivity index (χ2n) is 6.06. The lowest BCUT2D eigenvalue weighted by Crippen LogP contribution is -2.49. The van der Waals surface area contributed by atoms with Crippen LogP contribution >= 0.6 is 0 Å². The Hall–Kier alpha value is -1.06. The van der Waals surface area contributed by atoms with Crippen LogP contribution in [0.4, 0.5) is 0 Å². The number of aliphatic hydroxyl groups excluding tert-OH is 1. The van der Waals surface area contributed by atoms with Gasteiger partial charge in [-0.15, -0.1) is 0 Å². The standard InChI is InChI=1S/C17H27NO2/c1-18(2)17(12-8-4-5-9-13-17)16(19)14-10-6-7-11-15(14)20-3/h6-7,10-11,16,19H,4-5,8-9,12-13H2,1-3H3. The van der Waals surface area contributed by atoms with Crippen molar-refractivity contribution in [2.45, 2.75) is 50.2 Å². The lowest BCUT2D eigenvalue weighted by molar-refractivity contribution is -0.0209. The van der Waals surface area contributed by atoms with E-state index >= 15 is 0 Å². The summed E-state index contributed by atoms with van der Waals surface area (Å²) < 4.78 is 5.43. The van der Waals surface area contributed by atoms with E-state index in [1.165, 1.54) is 25.7 Å². The Balaban J connectivity index is 2.37. The predicted octanol–water partition coefficient (Wildman–Crippen LogP) is 3.38. The Labute approximate surface area is 122 Å². The van der Waals surface area contributed by atoms with Crippen LogP contribution in [0.3, 0.4) is 0 Å². The summed E-state index contributed by atoms with van der Waals surface area (Å²) in [4.78, 5) is 2.22. The van der Waals surface area contributed by atoms with Crippen LogP contribution in [0, 0.1) is 0 Å². The van der Waals surface area contributed by atoms with Crippen LogP contribution in [0.5, 0.6) is 5.75 Å². The van der Waals surface area contributed by atoms with Crippen LogP contribution in [-0.4, -0.2) is 36.8 Å². The maximum atomic E-state index is 11.1. The van der Waals surface area contributed by atoms with Crippen LogP contribution < -0.4 is 4.74 Å². The van der Waals surface area contributed by atoms with Gasteiger partial charge in [0.15, 0.2) is 0 Å². The number of ether oxygens (including phenoxy) is 1. The molecule has 1 aromatic carbocycles. The largest absolute Gasteiger partial charge is 0.496 e. The number of benzene rings is 1. The first kappa shape index (κ1) is 15.3. The first-order valence-electron chi connectivity index (χ1n) is 7.60. The number of hydrogen-bond donors (Lipinski definition) is 1. The Morgan fingerprint density at radius 3 is 2.25 bits per heavy atom. The van der Waals surface area contributed by atoms with Gasteiger partial charge in [0.1, 0.15) is 11.9 Å². The normalized spacial score (nSPS) is 20.4. The summed E-state index contributed by atoms with van der Waals surface area (Å²) in [6, 6.07) is 7.84. The molecule has 0 aliphatic heterocycles. The van der Waals surface area contributed by atoms with Crippen molar-refractivity contribution < 1.29 is 9.84 Å². The van der Waals surface area contributed by atoms with Gasteiger partial charge in [-0.05, 0) is 33.0 Å². The molecule has 112 valence electrons. The van der Waals surface area contributed by atoms with E-state index in [1.54, 1.807) is 7.11 Å². The maximum Gasteiger partial charge on any atom is 0.124 e. The molecule has 1 aromatic rings. The third kappa shape index (κ3) is 2.84. The van der Waals surface area contributed by atoms with Crippen molar-refractivity contribution in [1.82, 2.24) is 4.90 Å². The SMILES string of the molecule is COc1ccccc1C(O)C1(N(C)C)CCCCCC1. The van der Waals surface area contributed by atoms with E-state index in [2.05, 4.69) is 19.0 Å². The van der Waals surface area contributed by atoms with E-state index in [4.69, 9.17) is 4.74 Å². The second-order valence-corrected chi connectivity index (χ2v) is 6.06. The van der Waals surface area contributed by atoms with Crippen molar-refractivity contribution in [3.05, 3.63) is 29.8 Å². The average Bonchev–Trinajstić information content (AvgIpc) is 2.73. The van der Waals surface area contributed by atoms with Gasteiger partial charge in [-0.3, -0.25) is 0 Å². The first-order chi connectivity index (χ1) is 9.62. The number of rotatable bonds is 4. The van der Waals surface area contributed by atoms with E-state index < -0.39 is 6.10 Å². The molecule has 2 rings (SSSR count). The minimum atomic E-state index is -0.508. The highest BCUT2D eigenvalue weighted by atomic mass is 16.5. The van der Waals surface area contributed by atoms with Gasteiger partial charge >= 0.3 is 0 Å². The Kier molecular flexibility index (Phi) is 5.06. The fourth-order valence-electron chi connectivity index (χ4n) is 3.49. The van der Waals surface area contributed by atoms with Crippen molar-refractivity contribution >= 4 is 0 Å². The van der Waals surface area contributed by atoms with Crippen molar-refractivity contribution in [3.63, 3.8) is 0 Å². The molecule has 0 amide bonds. The van der Waals surface area contributed by atoms with Gasteiger partial charge in [0.25, 0.3) is 0 Å². The number of nitrogens with zero attached hydrogens (tertiary/aromatic N) is 1. The Morgan fingerprint density at radius 2 is 1.70 bits per heavy atom. The highest BCUT2D eigenvalue weighted by Crippen LogP contribution is 2.43. The average molecular weight is 277 g/mol. The topological polar surface area (TPSA) is 32.7 Å². The van der Waals surface area contributed by atoms with E-state index in [0.29, 0.717) is 0 Å². The molecule has 3 nitrogen and oxygen atoms in total. The van der Waals surface area contributed by atoms with Crippen molar-refractivity contribution in [3.8, 4) is 5.75 Å². The molecular weight excluding hydrogens is 250 g/mol. The van der Waals surface area contributed by atoms with E-state index in [9.17, 15) is 5.11 Å². The predicted molar refractivity (Wildman–Crippen MR) is 82.1 cm³/mol. The molecule has 1 unspecified atom stereocenters. The smallest absolute Gasteiger partial charge is 0.124 e. The fraction of sp³-hybridized carbons (Fsp3) is 0.647. The summed E-state index contributed by atoms with van der Waals surface area (Å²) in [7, 11) is 5.84. The van der Waals surface area contributed by atoms with Crippen LogP contribution in [0.2, 0.25) is 0 Å². The Morgan fingerprint density at radius 1 is 1.10 bits per heavy atom. The van der Waals surface area contributed by atoms with Crippen LogP contribution in [0.15, 0.2) is 24.3 Å². The summed E-state index contributed by atoms with van der Waals surface area (Å²) in [6.07, 6.45) is 6.49. The van der Waals surface area contributed by atoms with Crippen LogP contribution in [0.1, 0.15) is 50.2 Å². The Bertz CT molecular complexity index is 423. The van der Waals surface area contributed by atoms with Crippen molar-refractivity contribution in [2.75, 3.05) is 21.2 Å². The van der Waals surface area contributed by atoms with Crippen molar-refractivity contribution in [2.24, 2.45) is 0 Å². The molecule has 0 saturated heterocycles. The summed E-state index contributed by atoms with van der Waals surface area (Å²) in [5, 5.41) is 11.1. The molecule has 0 spiro atoms. The second kappa shape index (κ2) is 6.59. The number of hydrogen-bond acceptors (Lipinski definition) is 3. The summed E-state index contributed by atoms with van der Waals surface area (Å²) >= 11 is 0. The van der Waals surface area contributed by atoms with Gasteiger partial charge in [-0.25, -0.2) is 0 Å². The van der Waals surface area contributed by atoms with E-state index in [0.717, 1.165) is 24.2 Å². The lowest BCUT2D eigenvalue weighted by Gasteiger charge is -2.43. The molecule has 1 aliphatic carbocycles. The minimum Gasteiger partial charge on any atom is -0.496 e. The highest BCUT2D eigenvalue weighted by Gasteiger charge is 2.41. The molecule has 0 bridgehead atoms. The molecule has 1 N–H and O–H groups in total. The zero-order chi connectivity index (χ0) is 14.6. The molecular formula is C17H27NO2. The number of methoxy groups -OCH3 is 1. The summed E-state index contributed by atoms with van der Waals surface area (Å²) in [5.74, 6) is 0.783. The van der Waals surface area contributed by atoms with E-state index in [-0.39, 0.29) is 5.54 Å². The summed E-state index contributed by atoms with van der Waals surface area (Å²) in [5.41, 5.74) is 0.733. The zero-order valence-corrected chi connectivity index (χ0v) is 12.9. The van der Waals surface area contributed by atoms with Crippen LogP contribution in [-0.2, 0) is 0 Å². The quantitative estimate of drug-likeness (QED) is 0.856. The molecule has 1 aliphatic rings. The molecule has 3 heteroatoms. The maximum absolute atomic E-state index is 11.1. The fourth-order valence-corrected chi connectivity index (χ4v) is 3.49. The molecule has 0 aromatic heterocycles. The van der Waals surface area contributed by atoms with E-state index in [1.807, 2.05) is 24.3 Å². The third-order valence-corrected chi connectivity index (χ3v) is 4.80. The van der Waals surface area contributed by atoms with Gasteiger partial charge in [0, 0.05) is 5.56 Å². The number of likely N-dealkylation sites (N-methyl/N-ethyl adjacent to an activating group) is 1. The highest BCUT2D eigenvalue weighted by molar-refractivity contribution is 5.37. The van der Waals surface area contributed by atoms with Gasteiger partial charge in [0.2, 0.25) is 0 Å². The molecule has 1 atom stereocenters.